The Balaban J connectivity index is 1.64. The number of para-hydroxylation sites is 1. The van der Waals surface area contributed by atoms with Crippen molar-refractivity contribution in [3.05, 3.63) is 29.8 Å². The minimum Gasteiger partial charge on any atom is -0.487 e. The van der Waals surface area contributed by atoms with Crippen LogP contribution in [-0.4, -0.2) is 44.2 Å². The fraction of sp³-hybridized carbons (Fsp3) is 0.727. The van der Waals surface area contributed by atoms with Crippen LogP contribution in [0.3, 0.4) is 0 Å². The molecule has 3 nitrogen and oxygen atoms in total. The molecular weight excluding hydrogens is 308 g/mol. The number of hydrogen-bond donors (Lipinski definition) is 1. The normalized spacial score (nSPS) is 34.3. The van der Waals surface area contributed by atoms with E-state index in [4.69, 9.17) is 4.74 Å². The van der Waals surface area contributed by atoms with Gasteiger partial charge in [0.2, 0.25) is 0 Å². The van der Waals surface area contributed by atoms with Crippen LogP contribution in [0.25, 0.3) is 0 Å². The molecule has 0 saturated heterocycles. The van der Waals surface area contributed by atoms with Crippen molar-refractivity contribution < 1.29 is 4.74 Å². The van der Waals surface area contributed by atoms with Crippen molar-refractivity contribution in [2.24, 2.45) is 23.7 Å². The van der Waals surface area contributed by atoms with Crippen LogP contribution in [0.4, 0.5) is 0 Å². The first-order valence-electron chi connectivity index (χ1n) is 10.0. The van der Waals surface area contributed by atoms with Crippen molar-refractivity contribution in [1.29, 1.82) is 0 Å². The minimum absolute atomic E-state index is 0.00535. The Morgan fingerprint density at radius 2 is 2.00 bits per heavy atom. The van der Waals surface area contributed by atoms with Crippen LogP contribution in [0.5, 0.6) is 5.75 Å². The Bertz CT molecular complexity index is 573. The molecule has 1 aliphatic carbocycles. The zero-order valence-electron chi connectivity index (χ0n) is 16.7. The van der Waals surface area contributed by atoms with Gasteiger partial charge in [-0.2, -0.15) is 0 Å². The summed E-state index contributed by atoms with van der Waals surface area (Å²) >= 11 is 0. The molecule has 1 aliphatic heterocycles. The Kier molecular flexibility index (Phi) is 5.75. The second kappa shape index (κ2) is 7.67. The molecule has 1 N–H and O–H groups in total. The average Bonchev–Trinajstić information content (AvgIpc) is 2.55. The van der Waals surface area contributed by atoms with E-state index >= 15 is 0 Å². The summed E-state index contributed by atoms with van der Waals surface area (Å²) in [5.41, 5.74) is 1.39. The van der Waals surface area contributed by atoms with Gasteiger partial charge in [-0.15, -0.1) is 0 Å². The van der Waals surface area contributed by atoms with Crippen molar-refractivity contribution in [2.45, 2.75) is 45.6 Å². The van der Waals surface area contributed by atoms with E-state index in [1.54, 1.807) is 0 Å². The van der Waals surface area contributed by atoms with Gasteiger partial charge < -0.3 is 15.0 Å². The van der Waals surface area contributed by atoms with E-state index in [9.17, 15) is 0 Å². The highest BCUT2D eigenvalue weighted by atomic mass is 16.5. The van der Waals surface area contributed by atoms with Crippen molar-refractivity contribution in [3.63, 3.8) is 0 Å². The third-order valence-corrected chi connectivity index (χ3v) is 6.65. The average molecular weight is 345 g/mol. The number of hydrogen-bond acceptors (Lipinski definition) is 3. The third kappa shape index (κ3) is 4.03. The maximum absolute atomic E-state index is 6.56. The molecule has 0 aromatic heterocycles. The molecular formula is C22H36N2O. The molecule has 1 fully saturated rings. The predicted molar refractivity (Wildman–Crippen MR) is 105 cm³/mol. The second-order valence-electron chi connectivity index (χ2n) is 8.90. The molecule has 25 heavy (non-hydrogen) atoms. The Hall–Kier alpha value is -1.06. The predicted octanol–water partition coefficient (Wildman–Crippen LogP) is 3.83. The number of nitrogens with zero attached hydrogens (tertiary/aromatic N) is 1. The monoisotopic (exact) mass is 344 g/mol. The molecule has 3 heteroatoms. The minimum atomic E-state index is -0.00535. The quantitative estimate of drug-likeness (QED) is 0.794. The van der Waals surface area contributed by atoms with Gasteiger partial charge in [0.05, 0.1) is 0 Å². The maximum Gasteiger partial charge on any atom is 0.123 e. The molecule has 0 radical (unpaired) electrons. The first-order valence-corrected chi connectivity index (χ1v) is 10.0. The topological polar surface area (TPSA) is 24.5 Å². The molecule has 140 valence electrons. The molecule has 2 aliphatic rings. The smallest absolute Gasteiger partial charge is 0.123 e. The molecule has 1 saturated carbocycles. The van der Waals surface area contributed by atoms with Crippen LogP contribution < -0.4 is 10.1 Å². The summed E-state index contributed by atoms with van der Waals surface area (Å²) in [4.78, 5) is 2.26. The van der Waals surface area contributed by atoms with Crippen molar-refractivity contribution in [1.82, 2.24) is 10.2 Å². The van der Waals surface area contributed by atoms with Crippen LogP contribution in [0.15, 0.2) is 24.3 Å². The molecule has 1 heterocycles. The van der Waals surface area contributed by atoms with Crippen LogP contribution in [0, 0.1) is 23.7 Å². The van der Waals surface area contributed by atoms with E-state index in [0.717, 1.165) is 37.7 Å². The molecule has 0 unspecified atom stereocenters. The lowest BCUT2D eigenvalue weighted by atomic mass is 9.59. The van der Waals surface area contributed by atoms with Gasteiger partial charge in [-0.25, -0.2) is 0 Å². The summed E-state index contributed by atoms with van der Waals surface area (Å²) in [5.74, 6) is 3.85. The summed E-state index contributed by atoms with van der Waals surface area (Å²) in [7, 11) is 4.29. The van der Waals surface area contributed by atoms with E-state index in [2.05, 4.69) is 69.3 Å². The molecule has 5 atom stereocenters. The maximum atomic E-state index is 6.56. The summed E-state index contributed by atoms with van der Waals surface area (Å²) in [6.07, 6.45) is 3.55. The number of benzene rings is 1. The summed E-state index contributed by atoms with van der Waals surface area (Å²) in [6, 6.07) is 8.63. The number of nitrogens with one attached hydrogen (secondary N) is 1. The van der Waals surface area contributed by atoms with E-state index < -0.39 is 0 Å². The number of fused-ring (bicyclic) bond motifs is 2. The molecule has 1 aromatic carbocycles. The highest BCUT2D eigenvalue weighted by molar-refractivity contribution is 5.37. The van der Waals surface area contributed by atoms with E-state index in [0.29, 0.717) is 17.8 Å². The third-order valence-electron chi connectivity index (χ3n) is 6.65. The zero-order chi connectivity index (χ0) is 18.0. The summed E-state index contributed by atoms with van der Waals surface area (Å²) in [5, 5.41) is 3.73. The van der Waals surface area contributed by atoms with Gasteiger partial charge in [0.1, 0.15) is 11.4 Å². The summed E-state index contributed by atoms with van der Waals surface area (Å²) in [6.45, 7) is 10.7. The van der Waals surface area contributed by atoms with Crippen molar-refractivity contribution in [2.75, 3.05) is 33.7 Å². The lowest BCUT2D eigenvalue weighted by molar-refractivity contribution is -0.0887. The van der Waals surface area contributed by atoms with Crippen molar-refractivity contribution >= 4 is 0 Å². The standard InChI is InChI=1S/C22H36N2O/c1-16-14-22(3)20(13-18-9-6-7-10-21(18)25-22)17(2)19(16)15-23-11-8-12-24(4)5/h6-7,9-10,16-17,19-20,23H,8,11-15H2,1-5H3/t16-,17+,19+,20-,22+/m0/s1. The van der Waals surface area contributed by atoms with E-state index in [1.807, 2.05) is 0 Å². The van der Waals surface area contributed by atoms with Gasteiger partial charge in [-0.1, -0.05) is 32.0 Å². The Labute approximate surface area is 154 Å². The SMILES string of the molecule is C[C@@H]1[C@H](CNCCCN(C)C)[C@@H](C)C[C@@]2(C)Oc3ccccc3C[C@@H]12. The fourth-order valence-corrected chi connectivity index (χ4v) is 5.27. The molecule has 0 amide bonds. The van der Waals surface area contributed by atoms with Crippen molar-refractivity contribution in [3.8, 4) is 5.75 Å². The highest BCUT2D eigenvalue weighted by Gasteiger charge is 2.51. The zero-order valence-corrected chi connectivity index (χ0v) is 16.7. The molecule has 0 spiro atoms. The lowest BCUT2D eigenvalue weighted by Crippen LogP contribution is -2.56. The number of rotatable bonds is 6. The van der Waals surface area contributed by atoms with Crippen LogP contribution >= 0.6 is 0 Å². The first-order chi connectivity index (χ1) is 11.9. The first kappa shape index (κ1) is 18.7. The lowest BCUT2D eigenvalue weighted by Gasteiger charge is -2.53. The van der Waals surface area contributed by atoms with Crippen LogP contribution in [0.1, 0.15) is 39.2 Å². The Morgan fingerprint density at radius 1 is 1.24 bits per heavy atom. The largest absolute Gasteiger partial charge is 0.487 e. The van der Waals surface area contributed by atoms with Crippen LogP contribution in [0.2, 0.25) is 0 Å². The van der Waals surface area contributed by atoms with Gasteiger partial charge in [0, 0.05) is 5.92 Å². The van der Waals surface area contributed by atoms with E-state index in [-0.39, 0.29) is 5.60 Å². The van der Waals surface area contributed by atoms with Gasteiger partial charge in [0.25, 0.3) is 0 Å². The second-order valence-corrected chi connectivity index (χ2v) is 8.90. The van der Waals surface area contributed by atoms with E-state index in [1.165, 1.54) is 18.4 Å². The van der Waals surface area contributed by atoms with Crippen LogP contribution in [-0.2, 0) is 6.42 Å². The number of ether oxygens (including phenoxy) is 1. The molecule has 3 rings (SSSR count). The van der Waals surface area contributed by atoms with Gasteiger partial charge in [0.15, 0.2) is 0 Å². The molecule has 0 bridgehead atoms. The fourth-order valence-electron chi connectivity index (χ4n) is 5.27. The van der Waals surface area contributed by atoms with Gasteiger partial charge in [-0.05, 0) is 89.3 Å². The highest BCUT2D eigenvalue weighted by Crippen LogP contribution is 2.51. The van der Waals surface area contributed by atoms with Gasteiger partial charge >= 0.3 is 0 Å². The van der Waals surface area contributed by atoms with Gasteiger partial charge in [-0.3, -0.25) is 0 Å². The molecule has 1 aromatic rings. The summed E-state index contributed by atoms with van der Waals surface area (Å²) < 4.78 is 6.56. The Morgan fingerprint density at radius 3 is 2.76 bits per heavy atom.